The zero-order valence-electron chi connectivity index (χ0n) is 12.5. The van der Waals surface area contributed by atoms with Gasteiger partial charge in [-0.05, 0) is 49.4 Å². The summed E-state index contributed by atoms with van der Waals surface area (Å²) in [4.78, 5) is 24.1. The number of carboxylic acids is 1. The lowest BCUT2D eigenvalue weighted by molar-refractivity contribution is -0.146. The first-order chi connectivity index (χ1) is 9.84. The maximum Gasteiger partial charge on any atom is 0.329 e. The fraction of sp³-hybridized carbons (Fsp3) is 0.500. The quantitative estimate of drug-likeness (QED) is 0.745. The maximum absolute atomic E-state index is 12.4. The molecule has 0 spiro atoms. The lowest BCUT2D eigenvalue weighted by atomic mass is 9.76. The lowest BCUT2D eigenvalue weighted by Gasteiger charge is -2.37. The molecule has 0 bridgehead atoms. The van der Waals surface area contributed by atoms with Crippen LogP contribution in [0.2, 0.25) is 0 Å². The van der Waals surface area contributed by atoms with Crippen molar-refractivity contribution < 1.29 is 14.7 Å². The van der Waals surface area contributed by atoms with Crippen LogP contribution in [0.4, 0.5) is 5.69 Å². The average molecular weight is 290 g/mol. The number of rotatable bonds is 3. The molecule has 5 nitrogen and oxygen atoms in total. The number of benzene rings is 1. The molecule has 0 radical (unpaired) electrons. The summed E-state index contributed by atoms with van der Waals surface area (Å²) >= 11 is 0. The van der Waals surface area contributed by atoms with Crippen LogP contribution in [0.15, 0.2) is 18.2 Å². The standard InChI is InChI=1S/C16H22N2O3/c1-10-4-3-7-16(9-10,15(20)21)18-14(19)12-5-6-13(17)11(2)8-12/h5-6,8,10H,3-4,7,9,17H2,1-2H3,(H,18,19)(H,20,21). The van der Waals surface area contributed by atoms with Gasteiger partial charge in [0.05, 0.1) is 0 Å². The second-order valence-electron chi connectivity index (χ2n) is 6.11. The molecule has 0 aromatic heterocycles. The molecule has 21 heavy (non-hydrogen) atoms. The molecular formula is C16H22N2O3. The van der Waals surface area contributed by atoms with Crippen molar-refractivity contribution >= 4 is 17.6 Å². The zero-order valence-corrected chi connectivity index (χ0v) is 12.5. The van der Waals surface area contributed by atoms with E-state index in [2.05, 4.69) is 5.32 Å². The van der Waals surface area contributed by atoms with Crippen molar-refractivity contribution in [1.82, 2.24) is 5.32 Å². The van der Waals surface area contributed by atoms with Crippen molar-refractivity contribution in [2.45, 2.75) is 45.1 Å². The van der Waals surface area contributed by atoms with Gasteiger partial charge in [0, 0.05) is 11.3 Å². The van der Waals surface area contributed by atoms with Crippen LogP contribution in [0.1, 0.15) is 48.5 Å². The molecule has 0 heterocycles. The van der Waals surface area contributed by atoms with Crippen molar-refractivity contribution in [3.63, 3.8) is 0 Å². The van der Waals surface area contributed by atoms with Gasteiger partial charge in [-0.25, -0.2) is 4.79 Å². The number of hydrogen-bond acceptors (Lipinski definition) is 3. The number of anilines is 1. The molecule has 0 saturated heterocycles. The van der Waals surface area contributed by atoms with Crippen LogP contribution in [0, 0.1) is 12.8 Å². The molecule has 0 aliphatic heterocycles. The number of aliphatic carboxylic acids is 1. The number of nitrogens with two attached hydrogens (primary N) is 1. The van der Waals surface area contributed by atoms with Crippen molar-refractivity contribution in [3.8, 4) is 0 Å². The maximum atomic E-state index is 12.4. The predicted molar refractivity (Wildman–Crippen MR) is 81.1 cm³/mol. The molecule has 2 rings (SSSR count). The first-order valence-electron chi connectivity index (χ1n) is 7.26. The molecule has 2 atom stereocenters. The second kappa shape index (κ2) is 5.76. The van der Waals surface area contributed by atoms with Gasteiger partial charge in [0.25, 0.3) is 5.91 Å². The minimum atomic E-state index is -1.15. The number of aryl methyl sites for hydroxylation is 1. The predicted octanol–water partition coefficient (Wildman–Crippen LogP) is 2.34. The second-order valence-corrected chi connectivity index (χ2v) is 6.11. The van der Waals surface area contributed by atoms with Gasteiger partial charge in [0.2, 0.25) is 0 Å². The van der Waals surface area contributed by atoms with Gasteiger partial charge >= 0.3 is 5.97 Å². The Labute approximate surface area is 124 Å². The highest BCUT2D eigenvalue weighted by Crippen LogP contribution is 2.33. The third-order valence-corrected chi connectivity index (χ3v) is 4.29. The van der Waals surface area contributed by atoms with Gasteiger partial charge < -0.3 is 16.2 Å². The minimum absolute atomic E-state index is 0.295. The van der Waals surface area contributed by atoms with Crippen LogP contribution < -0.4 is 11.1 Å². The van der Waals surface area contributed by atoms with E-state index in [-0.39, 0.29) is 5.91 Å². The van der Waals surface area contributed by atoms with E-state index >= 15 is 0 Å². The van der Waals surface area contributed by atoms with Crippen LogP contribution in [-0.2, 0) is 4.79 Å². The Morgan fingerprint density at radius 1 is 1.43 bits per heavy atom. The largest absolute Gasteiger partial charge is 0.480 e. The summed E-state index contributed by atoms with van der Waals surface area (Å²) in [6.45, 7) is 3.85. The Morgan fingerprint density at radius 3 is 2.71 bits per heavy atom. The summed E-state index contributed by atoms with van der Waals surface area (Å²) in [5.41, 5.74) is 6.46. The summed E-state index contributed by atoms with van der Waals surface area (Å²) in [6.07, 6.45) is 2.77. The van der Waals surface area contributed by atoms with Gasteiger partial charge in [0.1, 0.15) is 5.54 Å². The monoisotopic (exact) mass is 290 g/mol. The van der Waals surface area contributed by atoms with Gasteiger partial charge in [-0.3, -0.25) is 4.79 Å². The van der Waals surface area contributed by atoms with Gasteiger partial charge in [0.15, 0.2) is 0 Å². The molecule has 2 unspecified atom stereocenters. The fourth-order valence-corrected chi connectivity index (χ4v) is 3.02. The summed E-state index contributed by atoms with van der Waals surface area (Å²) in [7, 11) is 0. The Morgan fingerprint density at radius 2 is 2.14 bits per heavy atom. The first kappa shape index (κ1) is 15.4. The average Bonchev–Trinajstić information content (AvgIpc) is 2.41. The Bertz CT molecular complexity index is 571. The number of amides is 1. The van der Waals surface area contributed by atoms with Gasteiger partial charge in [-0.2, -0.15) is 0 Å². The first-order valence-corrected chi connectivity index (χ1v) is 7.26. The number of nitrogens with one attached hydrogen (secondary N) is 1. The van der Waals surface area contributed by atoms with E-state index in [1.54, 1.807) is 18.2 Å². The van der Waals surface area contributed by atoms with Crippen LogP contribution >= 0.6 is 0 Å². The third kappa shape index (κ3) is 3.17. The summed E-state index contributed by atoms with van der Waals surface area (Å²) < 4.78 is 0. The smallest absolute Gasteiger partial charge is 0.329 e. The molecule has 114 valence electrons. The summed E-state index contributed by atoms with van der Waals surface area (Å²) in [6, 6.07) is 4.98. The normalized spacial score (nSPS) is 25.3. The third-order valence-electron chi connectivity index (χ3n) is 4.29. The summed E-state index contributed by atoms with van der Waals surface area (Å²) in [5.74, 6) is -1.01. The van der Waals surface area contributed by atoms with E-state index in [0.717, 1.165) is 18.4 Å². The Balaban J connectivity index is 2.22. The highest BCUT2D eigenvalue weighted by atomic mass is 16.4. The molecular weight excluding hydrogens is 268 g/mol. The topological polar surface area (TPSA) is 92.4 Å². The Hall–Kier alpha value is -2.04. The van der Waals surface area contributed by atoms with E-state index in [1.165, 1.54) is 0 Å². The molecule has 1 aromatic rings. The molecule has 1 fully saturated rings. The summed E-state index contributed by atoms with van der Waals surface area (Å²) in [5, 5.41) is 12.3. The zero-order chi connectivity index (χ0) is 15.6. The number of carbonyl (C=O) groups excluding carboxylic acids is 1. The van der Waals surface area contributed by atoms with Crippen LogP contribution in [-0.4, -0.2) is 22.5 Å². The molecule has 1 aliphatic carbocycles. The van der Waals surface area contributed by atoms with Crippen molar-refractivity contribution in [2.75, 3.05) is 5.73 Å². The molecule has 1 aromatic carbocycles. The van der Waals surface area contributed by atoms with Crippen LogP contribution in [0.5, 0.6) is 0 Å². The number of nitrogen functional groups attached to an aromatic ring is 1. The SMILES string of the molecule is Cc1cc(C(=O)NC2(C(=O)O)CCCC(C)C2)ccc1N. The minimum Gasteiger partial charge on any atom is -0.480 e. The molecule has 5 heteroatoms. The molecule has 1 saturated carbocycles. The van der Waals surface area contributed by atoms with E-state index in [1.807, 2.05) is 13.8 Å². The van der Waals surface area contributed by atoms with Gasteiger partial charge in [-0.1, -0.05) is 19.8 Å². The molecule has 1 aliphatic rings. The van der Waals surface area contributed by atoms with Gasteiger partial charge in [-0.15, -0.1) is 0 Å². The van der Waals surface area contributed by atoms with Crippen molar-refractivity contribution in [1.29, 1.82) is 0 Å². The van der Waals surface area contributed by atoms with E-state index in [9.17, 15) is 14.7 Å². The highest BCUT2D eigenvalue weighted by Gasteiger charge is 2.43. The lowest BCUT2D eigenvalue weighted by Crippen LogP contribution is -2.56. The van der Waals surface area contributed by atoms with Crippen LogP contribution in [0.3, 0.4) is 0 Å². The number of carbonyl (C=O) groups is 2. The molecule has 1 amide bonds. The van der Waals surface area contributed by atoms with Crippen molar-refractivity contribution in [2.24, 2.45) is 5.92 Å². The molecule has 4 N–H and O–H groups in total. The van der Waals surface area contributed by atoms with E-state index in [4.69, 9.17) is 5.73 Å². The highest BCUT2D eigenvalue weighted by molar-refractivity contribution is 5.98. The van der Waals surface area contributed by atoms with Crippen molar-refractivity contribution in [3.05, 3.63) is 29.3 Å². The number of hydrogen-bond donors (Lipinski definition) is 3. The van der Waals surface area contributed by atoms with E-state index in [0.29, 0.717) is 30.0 Å². The van der Waals surface area contributed by atoms with Crippen LogP contribution in [0.25, 0.3) is 0 Å². The van der Waals surface area contributed by atoms with E-state index < -0.39 is 11.5 Å². The Kier molecular flexibility index (Phi) is 4.21. The number of carboxylic acid groups (broad SMARTS) is 1. The fourth-order valence-electron chi connectivity index (χ4n) is 3.02.